The fourth-order valence-corrected chi connectivity index (χ4v) is 3.80. The van der Waals surface area contributed by atoms with Gasteiger partial charge >= 0.3 is 7.60 Å². The molecular formula is C18H19N2O5P. The Morgan fingerprint density at radius 2 is 1.81 bits per heavy atom. The van der Waals surface area contributed by atoms with E-state index in [1.807, 2.05) is 6.07 Å². The van der Waals surface area contributed by atoms with Crippen LogP contribution in [0.15, 0.2) is 54.7 Å². The number of aromatic nitrogens is 1. The summed E-state index contributed by atoms with van der Waals surface area (Å²) in [5, 5.41) is 22.5. The molecule has 3 rings (SSSR count). The van der Waals surface area contributed by atoms with Crippen molar-refractivity contribution in [1.82, 2.24) is 10.3 Å². The first-order valence-electron chi connectivity index (χ1n) is 7.99. The zero-order valence-corrected chi connectivity index (χ0v) is 14.7. The van der Waals surface area contributed by atoms with Gasteiger partial charge in [0.25, 0.3) is 0 Å². The van der Waals surface area contributed by atoms with E-state index in [2.05, 4.69) is 10.3 Å². The molecule has 8 heteroatoms. The van der Waals surface area contributed by atoms with E-state index in [1.54, 1.807) is 30.3 Å². The summed E-state index contributed by atoms with van der Waals surface area (Å²) in [6.45, 7) is 0.274. The van der Waals surface area contributed by atoms with Gasteiger partial charge in [-0.05, 0) is 41.8 Å². The summed E-state index contributed by atoms with van der Waals surface area (Å²) in [4.78, 5) is 23.9. The normalized spacial score (nSPS) is 13.0. The molecule has 0 amide bonds. The quantitative estimate of drug-likeness (QED) is 0.332. The molecule has 136 valence electrons. The van der Waals surface area contributed by atoms with Crippen LogP contribution in [0.5, 0.6) is 11.5 Å². The molecule has 2 aromatic carbocycles. The van der Waals surface area contributed by atoms with Gasteiger partial charge in [-0.15, -0.1) is 0 Å². The summed E-state index contributed by atoms with van der Waals surface area (Å²) < 4.78 is 12.1. The molecule has 1 aromatic heterocycles. The van der Waals surface area contributed by atoms with Gasteiger partial charge in [0, 0.05) is 18.1 Å². The number of nitrogens with one attached hydrogen (secondary N) is 1. The maximum atomic E-state index is 12.1. The Kier molecular flexibility index (Phi) is 5.25. The van der Waals surface area contributed by atoms with Crippen LogP contribution in [0.25, 0.3) is 10.9 Å². The van der Waals surface area contributed by atoms with Crippen LogP contribution in [0.3, 0.4) is 0 Å². The maximum Gasteiger partial charge on any atom is 0.346 e. The summed E-state index contributed by atoms with van der Waals surface area (Å²) in [6, 6.07) is 13.2. The van der Waals surface area contributed by atoms with Gasteiger partial charge in [0.05, 0.1) is 5.52 Å². The van der Waals surface area contributed by atoms with E-state index in [1.165, 1.54) is 18.3 Å². The SMILES string of the molecule is O=P(O)(O)C(NCCc1ccc(O)c(O)c1)c1ccnc2ccccc12. The molecule has 5 N–H and O–H groups in total. The lowest BCUT2D eigenvalue weighted by Crippen LogP contribution is -2.24. The summed E-state index contributed by atoms with van der Waals surface area (Å²) in [7, 11) is -4.47. The Balaban J connectivity index is 1.83. The number of aromatic hydroxyl groups is 2. The Hall–Kier alpha value is -2.44. The van der Waals surface area contributed by atoms with Gasteiger partial charge in [-0.2, -0.15) is 0 Å². The number of para-hydroxylation sites is 1. The van der Waals surface area contributed by atoms with Crippen molar-refractivity contribution in [2.24, 2.45) is 0 Å². The second-order valence-electron chi connectivity index (χ2n) is 5.94. The van der Waals surface area contributed by atoms with Crippen molar-refractivity contribution in [2.45, 2.75) is 12.2 Å². The average Bonchev–Trinajstić information content (AvgIpc) is 2.60. The summed E-state index contributed by atoms with van der Waals surface area (Å²) in [6.07, 6.45) is 1.95. The second kappa shape index (κ2) is 7.43. The number of pyridine rings is 1. The molecule has 7 nitrogen and oxygen atoms in total. The van der Waals surface area contributed by atoms with Crippen molar-refractivity contribution in [3.63, 3.8) is 0 Å². The molecule has 0 spiro atoms. The Morgan fingerprint density at radius 3 is 2.54 bits per heavy atom. The molecule has 1 unspecified atom stereocenters. The third-order valence-electron chi connectivity index (χ3n) is 4.10. The number of phenolic OH excluding ortho intramolecular Hbond substituents is 2. The lowest BCUT2D eigenvalue weighted by atomic mass is 10.1. The van der Waals surface area contributed by atoms with Crippen molar-refractivity contribution < 1.29 is 24.6 Å². The molecule has 0 fully saturated rings. The monoisotopic (exact) mass is 374 g/mol. The van der Waals surface area contributed by atoms with E-state index < -0.39 is 13.4 Å². The van der Waals surface area contributed by atoms with Crippen molar-refractivity contribution in [3.05, 3.63) is 65.9 Å². The highest BCUT2D eigenvalue weighted by atomic mass is 31.2. The van der Waals surface area contributed by atoms with Gasteiger partial charge in [0.2, 0.25) is 0 Å². The number of hydrogen-bond acceptors (Lipinski definition) is 5. The minimum atomic E-state index is -4.47. The summed E-state index contributed by atoms with van der Waals surface area (Å²) >= 11 is 0. The fourth-order valence-electron chi connectivity index (χ4n) is 2.84. The Morgan fingerprint density at radius 1 is 1.04 bits per heavy atom. The van der Waals surface area contributed by atoms with Crippen molar-refractivity contribution in [3.8, 4) is 11.5 Å². The van der Waals surface area contributed by atoms with Crippen LogP contribution in [0, 0.1) is 0 Å². The maximum absolute atomic E-state index is 12.1. The summed E-state index contributed by atoms with van der Waals surface area (Å²) in [5.74, 6) is -1.60. The van der Waals surface area contributed by atoms with Crippen LogP contribution >= 0.6 is 7.60 Å². The number of fused-ring (bicyclic) bond motifs is 1. The Labute approximate surface area is 150 Å². The van der Waals surface area contributed by atoms with Crippen LogP contribution in [-0.4, -0.2) is 31.5 Å². The van der Waals surface area contributed by atoms with Crippen LogP contribution in [0.2, 0.25) is 0 Å². The molecular weight excluding hydrogens is 355 g/mol. The molecule has 1 heterocycles. The number of nitrogens with zero attached hydrogens (tertiary/aromatic N) is 1. The Bertz CT molecular complexity index is 967. The van der Waals surface area contributed by atoms with Crippen LogP contribution in [0.4, 0.5) is 0 Å². The van der Waals surface area contributed by atoms with E-state index in [9.17, 15) is 24.6 Å². The van der Waals surface area contributed by atoms with E-state index in [4.69, 9.17) is 0 Å². The molecule has 0 aliphatic rings. The highest BCUT2D eigenvalue weighted by molar-refractivity contribution is 7.52. The first-order valence-corrected chi connectivity index (χ1v) is 9.67. The predicted molar refractivity (Wildman–Crippen MR) is 98.0 cm³/mol. The van der Waals surface area contributed by atoms with Gasteiger partial charge < -0.3 is 20.0 Å². The van der Waals surface area contributed by atoms with Crippen LogP contribution in [-0.2, 0) is 11.0 Å². The fraction of sp³-hybridized carbons (Fsp3) is 0.167. The molecule has 1 atom stereocenters. The number of benzene rings is 2. The molecule has 0 aliphatic heterocycles. The van der Waals surface area contributed by atoms with Gasteiger partial charge in [-0.3, -0.25) is 14.9 Å². The molecule has 0 saturated carbocycles. The highest BCUT2D eigenvalue weighted by Crippen LogP contribution is 2.51. The zero-order valence-electron chi connectivity index (χ0n) is 13.8. The number of hydrogen-bond donors (Lipinski definition) is 5. The third-order valence-corrected chi connectivity index (χ3v) is 5.24. The van der Waals surface area contributed by atoms with E-state index >= 15 is 0 Å². The van der Waals surface area contributed by atoms with Crippen LogP contribution < -0.4 is 5.32 Å². The topological polar surface area (TPSA) is 123 Å². The predicted octanol–water partition coefficient (Wildman–Crippen LogP) is 2.65. The molecule has 0 radical (unpaired) electrons. The highest BCUT2D eigenvalue weighted by Gasteiger charge is 2.31. The van der Waals surface area contributed by atoms with Crippen LogP contribution in [0.1, 0.15) is 16.9 Å². The zero-order chi connectivity index (χ0) is 18.7. The molecule has 0 saturated heterocycles. The second-order valence-corrected chi connectivity index (χ2v) is 7.63. The van der Waals surface area contributed by atoms with Crippen molar-refractivity contribution in [2.75, 3.05) is 6.54 Å². The van der Waals surface area contributed by atoms with Crippen molar-refractivity contribution in [1.29, 1.82) is 0 Å². The summed E-state index contributed by atoms with van der Waals surface area (Å²) in [5.41, 5.74) is 1.88. The standard InChI is InChI=1S/C18H19N2O5P/c21-16-6-5-12(11-17(16)22)7-9-20-18(26(23,24)25)14-8-10-19-15-4-2-1-3-13(14)15/h1-6,8,10-11,18,20-22H,7,9H2,(H2,23,24,25). The third kappa shape index (κ3) is 4.03. The lowest BCUT2D eigenvalue weighted by Gasteiger charge is -2.21. The first kappa shape index (κ1) is 18.4. The van der Waals surface area contributed by atoms with E-state index in [0.717, 1.165) is 5.56 Å². The van der Waals surface area contributed by atoms with Gasteiger partial charge in [-0.1, -0.05) is 24.3 Å². The van der Waals surface area contributed by atoms with E-state index in [-0.39, 0.29) is 18.0 Å². The molecule has 0 aliphatic carbocycles. The smallest absolute Gasteiger partial charge is 0.346 e. The number of rotatable bonds is 6. The largest absolute Gasteiger partial charge is 0.504 e. The molecule has 26 heavy (non-hydrogen) atoms. The van der Waals surface area contributed by atoms with Gasteiger partial charge in [0.15, 0.2) is 11.5 Å². The minimum Gasteiger partial charge on any atom is -0.504 e. The minimum absolute atomic E-state index is 0.210. The lowest BCUT2D eigenvalue weighted by molar-refractivity contribution is 0.348. The van der Waals surface area contributed by atoms with E-state index in [0.29, 0.717) is 22.9 Å². The molecule has 0 bridgehead atoms. The molecule has 3 aromatic rings. The average molecular weight is 374 g/mol. The van der Waals surface area contributed by atoms with Gasteiger partial charge in [-0.25, -0.2) is 0 Å². The van der Waals surface area contributed by atoms with Gasteiger partial charge in [0.1, 0.15) is 5.78 Å². The first-order chi connectivity index (χ1) is 12.4. The number of phenols is 2. The van der Waals surface area contributed by atoms with Crippen molar-refractivity contribution >= 4 is 18.5 Å².